The molecule has 0 radical (unpaired) electrons. The number of rotatable bonds is 5. The SMILES string of the molecule is COc1ccc(NC(=O)[C@@H](C)OC(=O)c2cc(=O)c3cc(C)ccc3o2)cc1. The molecule has 0 spiro atoms. The summed E-state index contributed by atoms with van der Waals surface area (Å²) in [7, 11) is 1.54. The van der Waals surface area contributed by atoms with E-state index in [1.165, 1.54) is 6.92 Å². The Morgan fingerprint density at radius 3 is 2.46 bits per heavy atom. The van der Waals surface area contributed by atoms with E-state index in [1.54, 1.807) is 49.6 Å². The molecule has 3 rings (SSSR count). The molecule has 1 heterocycles. The van der Waals surface area contributed by atoms with E-state index in [1.807, 2.05) is 6.92 Å². The van der Waals surface area contributed by atoms with Crippen molar-refractivity contribution in [2.24, 2.45) is 0 Å². The number of benzene rings is 2. The highest BCUT2D eigenvalue weighted by Crippen LogP contribution is 2.17. The topological polar surface area (TPSA) is 94.8 Å². The second kappa shape index (κ2) is 7.96. The molecule has 0 unspecified atom stereocenters. The number of aryl methyl sites for hydroxylation is 1. The molecule has 1 amide bonds. The average Bonchev–Trinajstić information content (AvgIpc) is 2.68. The Hall–Kier alpha value is -3.61. The van der Waals surface area contributed by atoms with Crippen molar-refractivity contribution in [3.8, 4) is 5.75 Å². The van der Waals surface area contributed by atoms with Gasteiger partial charge in [0.1, 0.15) is 11.3 Å². The fourth-order valence-electron chi connectivity index (χ4n) is 2.56. The maximum Gasteiger partial charge on any atom is 0.375 e. The van der Waals surface area contributed by atoms with Crippen molar-refractivity contribution in [1.29, 1.82) is 0 Å². The maximum atomic E-state index is 12.3. The minimum Gasteiger partial charge on any atom is -0.497 e. The summed E-state index contributed by atoms with van der Waals surface area (Å²) in [6.07, 6.45) is -1.09. The molecule has 0 aliphatic carbocycles. The van der Waals surface area contributed by atoms with Crippen LogP contribution in [0.5, 0.6) is 5.75 Å². The van der Waals surface area contributed by atoms with Crippen molar-refractivity contribution in [3.63, 3.8) is 0 Å². The van der Waals surface area contributed by atoms with Gasteiger partial charge in [-0.25, -0.2) is 4.79 Å². The smallest absolute Gasteiger partial charge is 0.375 e. The van der Waals surface area contributed by atoms with Gasteiger partial charge in [-0.15, -0.1) is 0 Å². The molecule has 2 aromatic carbocycles. The van der Waals surface area contributed by atoms with E-state index in [0.717, 1.165) is 11.6 Å². The summed E-state index contributed by atoms with van der Waals surface area (Å²) in [5, 5.41) is 3.01. The van der Waals surface area contributed by atoms with Crippen LogP contribution >= 0.6 is 0 Å². The lowest BCUT2D eigenvalue weighted by atomic mass is 10.1. The zero-order valence-electron chi connectivity index (χ0n) is 15.6. The van der Waals surface area contributed by atoms with Gasteiger partial charge < -0.3 is 19.2 Å². The lowest BCUT2D eigenvalue weighted by Gasteiger charge is -2.13. The largest absolute Gasteiger partial charge is 0.497 e. The van der Waals surface area contributed by atoms with E-state index >= 15 is 0 Å². The molecule has 28 heavy (non-hydrogen) atoms. The van der Waals surface area contributed by atoms with Gasteiger partial charge in [0.2, 0.25) is 5.76 Å². The summed E-state index contributed by atoms with van der Waals surface area (Å²) in [5.74, 6) is -1.02. The predicted octanol–water partition coefficient (Wildman–Crippen LogP) is 3.29. The number of hydrogen-bond donors (Lipinski definition) is 1. The number of carbonyl (C=O) groups is 2. The summed E-state index contributed by atoms with van der Waals surface area (Å²) < 4.78 is 15.7. The molecule has 0 bridgehead atoms. The highest BCUT2D eigenvalue weighted by molar-refractivity contribution is 5.97. The van der Waals surface area contributed by atoms with Crippen LogP contribution in [0.25, 0.3) is 11.0 Å². The van der Waals surface area contributed by atoms with Gasteiger partial charge in [-0.2, -0.15) is 0 Å². The molecule has 144 valence electrons. The fraction of sp³-hybridized carbons (Fsp3) is 0.190. The van der Waals surface area contributed by atoms with E-state index in [2.05, 4.69) is 5.32 Å². The van der Waals surface area contributed by atoms with E-state index in [9.17, 15) is 14.4 Å². The zero-order valence-corrected chi connectivity index (χ0v) is 15.6. The molecular weight excluding hydrogens is 362 g/mol. The fourth-order valence-corrected chi connectivity index (χ4v) is 2.56. The zero-order chi connectivity index (χ0) is 20.3. The molecule has 0 saturated carbocycles. The number of fused-ring (bicyclic) bond motifs is 1. The number of methoxy groups -OCH3 is 1. The number of esters is 1. The summed E-state index contributed by atoms with van der Waals surface area (Å²) in [4.78, 5) is 36.8. The number of nitrogens with one attached hydrogen (secondary N) is 1. The molecule has 0 fully saturated rings. The summed E-state index contributed by atoms with van der Waals surface area (Å²) in [5.41, 5.74) is 1.35. The molecule has 1 aromatic heterocycles. The van der Waals surface area contributed by atoms with Gasteiger partial charge in [-0.3, -0.25) is 9.59 Å². The number of ether oxygens (including phenoxy) is 2. The maximum absolute atomic E-state index is 12.3. The molecule has 0 aliphatic rings. The minimum absolute atomic E-state index is 0.259. The number of carbonyl (C=O) groups excluding carboxylic acids is 2. The molecule has 1 N–H and O–H groups in total. The van der Waals surface area contributed by atoms with Crippen molar-refractivity contribution in [1.82, 2.24) is 0 Å². The van der Waals surface area contributed by atoms with Crippen LogP contribution in [0.15, 0.2) is 57.7 Å². The Morgan fingerprint density at radius 2 is 1.79 bits per heavy atom. The second-order valence-corrected chi connectivity index (χ2v) is 6.24. The molecule has 7 nitrogen and oxygen atoms in total. The van der Waals surface area contributed by atoms with Gasteiger partial charge >= 0.3 is 5.97 Å². The van der Waals surface area contributed by atoms with Crippen LogP contribution in [-0.2, 0) is 9.53 Å². The third kappa shape index (κ3) is 4.20. The number of amides is 1. The van der Waals surface area contributed by atoms with E-state index < -0.39 is 18.0 Å². The lowest BCUT2D eigenvalue weighted by Crippen LogP contribution is -2.30. The van der Waals surface area contributed by atoms with Gasteiger partial charge in [0, 0.05) is 11.8 Å². The summed E-state index contributed by atoms with van der Waals surface area (Å²) in [6.45, 7) is 3.28. The van der Waals surface area contributed by atoms with Crippen molar-refractivity contribution >= 4 is 28.5 Å². The Bertz CT molecular complexity index is 1080. The van der Waals surface area contributed by atoms with Crippen molar-refractivity contribution in [3.05, 3.63) is 70.1 Å². The van der Waals surface area contributed by atoms with E-state index in [0.29, 0.717) is 16.8 Å². The Kier molecular flexibility index (Phi) is 5.44. The minimum atomic E-state index is -1.09. The Labute approximate surface area is 160 Å². The van der Waals surface area contributed by atoms with E-state index in [4.69, 9.17) is 13.9 Å². The molecule has 7 heteroatoms. The van der Waals surface area contributed by atoms with Crippen LogP contribution in [0.4, 0.5) is 5.69 Å². The van der Waals surface area contributed by atoms with Gasteiger partial charge in [-0.05, 0) is 50.2 Å². The highest BCUT2D eigenvalue weighted by Gasteiger charge is 2.21. The van der Waals surface area contributed by atoms with Crippen LogP contribution in [0, 0.1) is 6.92 Å². The van der Waals surface area contributed by atoms with Crippen LogP contribution < -0.4 is 15.5 Å². The van der Waals surface area contributed by atoms with Gasteiger partial charge in [0.05, 0.1) is 12.5 Å². The van der Waals surface area contributed by atoms with Crippen LogP contribution in [0.1, 0.15) is 23.0 Å². The Balaban J connectivity index is 1.71. The average molecular weight is 381 g/mol. The first kappa shape index (κ1) is 19.2. The third-order valence-corrected chi connectivity index (χ3v) is 4.09. The third-order valence-electron chi connectivity index (χ3n) is 4.09. The molecular formula is C21H19NO6. The quantitative estimate of drug-likeness (QED) is 0.682. The van der Waals surface area contributed by atoms with Crippen molar-refractivity contribution < 1.29 is 23.5 Å². The molecule has 3 aromatic rings. The van der Waals surface area contributed by atoms with Crippen molar-refractivity contribution in [2.45, 2.75) is 20.0 Å². The first-order valence-electron chi connectivity index (χ1n) is 8.58. The highest BCUT2D eigenvalue weighted by atomic mass is 16.6. The predicted molar refractivity (Wildman–Crippen MR) is 104 cm³/mol. The number of hydrogen-bond acceptors (Lipinski definition) is 6. The summed E-state index contributed by atoms with van der Waals surface area (Å²) in [6, 6.07) is 12.8. The van der Waals surface area contributed by atoms with Gasteiger partial charge in [-0.1, -0.05) is 11.6 Å². The van der Waals surface area contributed by atoms with Crippen molar-refractivity contribution in [2.75, 3.05) is 12.4 Å². The molecule has 0 aliphatic heterocycles. The first-order valence-corrected chi connectivity index (χ1v) is 8.58. The Morgan fingerprint density at radius 1 is 1.07 bits per heavy atom. The normalized spacial score (nSPS) is 11.7. The summed E-state index contributed by atoms with van der Waals surface area (Å²) >= 11 is 0. The monoisotopic (exact) mass is 381 g/mol. The van der Waals surface area contributed by atoms with E-state index in [-0.39, 0.29) is 16.8 Å². The molecule has 0 saturated heterocycles. The second-order valence-electron chi connectivity index (χ2n) is 6.24. The van der Waals surface area contributed by atoms with Crippen LogP contribution in [0.3, 0.4) is 0 Å². The van der Waals surface area contributed by atoms with Gasteiger partial charge in [0.15, 0.2) is 11.5 Å². The van der Waals surface area contributed by atoms with Crippen LogP contribution in [0.2, 0.25) is 0 Å². The standard InChI is InChI=1S/C21H19NO6/c1-12-4-9-18-16(10-12)17(23)11-19(28-18)21(25)27-13(2)20(24)22-14-5-7-15(26-3)8-6-14/h4-11,13H,1-3H3,(H,22,24)/t13-/m1/s1. The molecule has 1 atom stereocenters. The van der Waals surface area contributed by atoms with Gasteiger partial charge in [0.25, 0.3) is 5.91 Å². The lowest BCUT2D eigenvalue weighted by molar-refractivity contribution is -0.123. The number of anilines is 1. The van der Waals surface area contributed by atoms with Crippen LogP contribution in [-0.4, -0.2) is 25.1 Å². The first-order chi connectivity index (χ1) is 13.4.